The van der Waals surface area contributed by atoms with E-state index in [1.165, 1.54) is 4.88 Å². The van der Waals surface area contributed by atoms with Gasteiger partial charge >= 0.3 is 0 Å². The van der Waals surface area contributed by atoms with Crippen LogP contribution in [0.2, 0.25) is 0 Å². The summed E-state index contributed by atoms with van der Waals surface area (Å²) in [7, 11) is 3.80. The summed E-state index contributed by atoms with van der Waals surface area (Å²) in [4.78, 5) is 7.44. The molecule has 96 valence electrons. The maximum absolute atomic E-state index is 9.43. The molecule has 18 heavy (non-hydrogen) atoms. The van der Waals surface area contributed by atoms with Gasteiger partial charge in [-0.15, -0.1) is 11.3 Å². The second-order valence-electron chi connectivity index (χ2n) is 4.71. The van der Waals surface area contributed by atoms with Gasteiger partial charge in [0.15, 0.2) is 0 Å². The first-order chi connectivity index (χ1) is 8.67. The highest BCUT2D eigenvalue weighted by atomic mass is 32.1. The van der Waals surface area contributed by atoms with E-state index in [1.54, 1.807) is 17.7 Å². The SMILES string of the molecule is CN(C)/C=N/c1sc2c(c1C#N)C(CO)CCC2. The maximum Gasteiger partial charge on any atom is 0.136 e. The molecule has 0 bridgehead atoms. The van der Waals surface area contributed by atoms with Crippen LogP contribution in [0, 0.1) is 11.3 Å². The average molecular weight is 263 g/mol. The molecule has 1 N–H and O–H groups in total. The molecule has 1 aromatic heterocycles. The molecule has 1 aromatic rings. The topological polar surface area (TPSA) is 59.6 Å². The second kappa shape index (κ2) is 5.51. The molecule has 0 fully saturated rings. The van der Waals surface area contributed by atoms with Crippen molar-refractivity contribution in [1.82, 2.24) is 4.90 Å². The third-order valence-electron chi connectivity index (χ3n) is 3.11. The van der Waals surface area contributed by atoms with Gasteiger partial charge in [-0.1, -0.05) is 0 Å². The summed E-state index contributed by atoms with van der Waals surface area (Å²) in [6, 6.07) is 2.26. The van der Waals surface area contributed by atoms with E-state index in [4.69, 9.17) is 0 Å². The fraction of sp³-hybridized carbons (Fsp3) is 0.538. The van der Waals surface area contributed by atoms with E-state index in [0.29, 0.717) is 5.56 Å². The van der Waals surface area contributed by atoms with Crippen molar-refractivity contribution in [2.45, 2.75) is 25.2 Å². The Morgan fingerprint density at radius 2 is 2.39 bits per heavy atom. The number of aryl methyl sites for hydroxylation is 1. The molecule has 1 aliphatic rings. The minimum Gasteiger partial charge on any atom is -0.396 e. The number of rotatable bonds is 3. The van der Waals surface area contributed by atoms with Crippen LogP contribution in [0.5, 0.6) is 0 Å². The highest BCUT2D eigenvalue weighted by molar-refractivity contribution is 7.16. The summed E-state index contributed by atoms with van der Waals surface area (Å²) < 4.78 is 0. The Labute approximate surface area is 111 Å². The van der Waals surface area contributed by atoms with Gasteiger partial charge in [0, 0.05) is 24.9 Å². The first-order valence-corrected chi connectivity index (χ1v) is 6.86. The van der Waals surface area contributed by atoms with E-state index in [9.17, 15) is 10.4 Å². The highest BCUT2D eigenvalue weighted by Crippen LogP contribution is 2.44. The quantitative estimate of drug-likeness (QED) is 0.672. The molecule has 0 saturated carbocycles. The fourth-order valence-electron chi connectivity index (χ4n) is 2.30. The summed E-state index contributed by atoms with van der Waals surface area (Å²) in [6.45, 7) is 0.120. The second-order valence-corrected chi connectivity index (χ2v) is 5.79. The third kappa shape index (κ3) is 2.40. The van der Waals surface area contributed by atoms with Crippen LogP contribution < -0.4 is 0 Å². The number of hydrogen-bond donors (Lipinski definition) is 1. The van der Waals surface area contributed by atoms with E-state index >= 15 is 0 Å². The van der Waals surface area contributed by atoms with E-state index in [2.05, 4.69) is 11.1 Å². The lowest BCUT2D eigenvalue weighted by atomic mass is 9.86. The number of hydrogen-bond acceptors (Lipinski definition) is 4. The molecule has 4 nitrogen and oxygen atoms in total. The number of thiophene rings is 1. The van der Waals surface area contributed by atoms with Gasteiger partial charge in [0.1, 0.15) is 11.1 Å². The van der Waals surface area contributed by atoms with Crippen molar-refractivity contribution < 1.29 is 5.11 Å². The molecule has 1 heterocycles. The average Bonchev–Trinajstić information content (AvgIpc) is 2.73. The van der Waals surface area contributed by atoms with Gasteiger partial charge in [0.25, 0.3) is 0 Å². The number of aliphatic hydroxyl groups excluding tert-OH is 1. The minimum absolute atomic E-state index is 0.114. The van der Waals surface area contributed by atoms with Crippen LogP contribution in [0.4, 0.5) is 5.00 Å². The normalized spacial score (nSPS) is 18.7. The molecular formula is C13H17N3OS. The number of fused-ring (bicyclic) bond motifs is 1. The monoisotopic (exact) mass is 263 g/mol. The Kier molecular flexibility index (Phi) is 4.00. The number of aliphatic hydroxyl groups is 1. The minimum atomic E-state index is 0.114. The number of aliphatic imine (C=N–C) groups is 1. The van der Waals surface area contributed by atoms with Crippen LogP contribution in [0.15, 0.2) is 4.99 Å². The molecule has 1 unspecified atom stereocenters. The van der Waals surface area contributed by atoms with Crippen molar-refractivity contribution >= 4 is 22.7 Å². The van der Waals surface area contributed by atoms with Crippen molar-refractivity contribution in [1.29, 1.82) is 5.26 Å². The van der Waals surface area contributed by atoms with Crippen molar-refractivity contribution in [2.75, 3.05) is 20.7 Å². The zero-order valence-electron chi connectivity index (χ0n) is 10.7. The van der Waals surface area contributed by atoms with Crippen molar-refractivity contribution in [3.63, 3.8) is 0 Å². The molecule has 0 spiro atoms. The van der Waals surface area contributed by atoms with E-state index < -0.39 is 0 Å². The third-order valence-corrected chi connectivity index (χ3v) is 4.28. The molecule has 0 amide bonds. The van der Waals surface area contributed by atoms with Crippen LogP contribution in [-0.4, -0.2) is 37.0 Å². The molecule has 1 atom stereocenters. The summed E-state index contributed by atoms with van der Waals surface area (Å²) in [5, 5.41) is 19.5. The Morgan fingerprint density at radius 1 is 1.61 bits per heavy atom. The summed E-state index contributed by atoms with van der Waals surface area (Å²) in [5.74, 6) is 0.114. The van der Waals surface area contributed by atoms with Gasteiger partial charge in [0.05, 0.1) is 18.5 Å². The van der Waals surface area contributed by atoms with Crippen molar-refractivity contribution in [3.05, 3.63) is 16.0 Å². The number of nitriles is 1. The first kappa shape index (κ1) is 13.1. The Morgan fingerprint density at radius 3 is 3.00 bits per heavy atom. The molecule has 0 saturated heterocycles. The Balaban J connectivity index is 2.45. The Hall–Kier alpha value is -1.38. The van der Waals surface area contributed by atoms with Gasteiger partial charge in [-0.2, -0.15) is 5.26 Å². The van der Waals surface area contributed by atoms with Crippen LogP contribution in [0.25, 0.3) is 0 Å². The smallest absolute Gasteiger partial charge is 0.136 e. The molecule has 5 heteroatoms. The van der Waals surface area contributed by atoms with Crippen LogP contribution in [0.3, 0.4) is 0 Å². The molecule has 1 aliphatic carbocycles. The van der Waals surface area contributed by atoms with Crippen LogP contribution >= 0.6 is 11.3 Å². The molecule has 2 rings (SSSR count). The van der Waals surface area contributed by atoms with Gasteiger partial charge in [-0.3, -0.25) is 0 Å². The van der Waals surface area contributed by atoms with Gasteiger partial charge in [0.2, 0.25) is 0 Å². The van der Waals surface area contributed by atoms with Gasteiger partial charge in [-0.25, -0.2) is 4.99 Å². The van der Waals surface area contributed by atoms with Gasteiger partial charge < -0.3 is 10.0 Å². The summed E-state index contributed by atoms with van der Waals surface area (Å²) in [5.41, 5.74) is 1.70. The Bertz CT molecular complexity index is 499. The zero-order chi connectivity index (χ0) is 13.1. The van der Waals surface area contributed by atoms with E-state index in [0.717, 1.165) is 29.8 Å². The largest absolute Gasteiger partial charge is 0.396 e. The van der Waals surface area contributed by atoms with Crippen LogP contribution in [0.1, 0.15) is 34.8 Å². The lowest BCUT2D eigenvalue weighted by molar-refractivity contribution is 0.253. The van der Waals surface area contributed by atoms with Crippen LogP contribution in [-0.2, 0) is 6.42 Å². The fourth-order valence-corrected chi connectivity index (χ4v) is 3.51. The van der Waals surface area contributed by atoms with Crippen molar-refractivity contribution in [2.24, 2.45) is 4.99 Å². The predicted molar refractivity (Wildman–Crippen MR) is 73.6 cm³/mol. The lowest BCUT2D eigenvalue weighted by Gasteiger charge is -2.20. The van der Waals surface area contributed by atoms with E-state index in [1.807, 2.05) is 19.0 Å². The highest BCUT2D eigenvalue weighted by Gasteiger charge is 2.27. The maximum atomic E-state index is 9.43. The summed E-state index contributed by atoms with van der Waals surface area (Å²) in [6.07, 6.45) is 4.76. The number of nitrogens with zero attached hydrogens (tertiary/aromatic N) is 3. The lowest BCUT2D eigenvalue weighted by Crippen LogP contribution is -2.12. The van der Waals surface area contributed by atoms with Crippen molar-refractivity contribution in [3.8, 4) is 6.07 Å². The van der Waals surface area contributed by atoms with Gasteiger partial charge in [-0.05, 0) is 24.8 Å². The first-order valence-electron chi connectivity index (χ1n) is 6.04. The predicted octanol–water partition coefficient (Wildman–Crippen LogP) is 2.25. The molecule has 0 aromatic carbocycles. The molecule has 0 aliphatic heterocycles. The molecule has 0 radical (unpaired) electrons. The molecular weight excluding hydrogens is 246 g/mol. The summed E-state index contributed by atoms with van der Waals surface area (Å²) >= 11 is 1.59. The van der Waals surface area contributed by atoms with E-state index in [-0.39, 0.29) is 12.5 Å². The standard InChI is InChI=1S/C13H17N3OS/c1-16(2)8-15-13-10(6-14)12-9(7-17)4-3-5-11(12)18-13/h8-9,17H,3-5,7H2,1-2H3/b15-8+. The zero-order valence-corrected chi connectivity index (χ0v) is 11.5.